The van der Waals surface area contributed by atoms with Crippen LogP contribution in [0.5, 0.6) is 5.75 Å². The predicted molar refractivity (Wildman–Crippen MR) is 73.1 cm³/mol. The number of unbranched alkanes of at least 4 members (excludes halogenated alkanes) is 1. The number of carbonyl (C=O) groups excluding carboxylic acids is 1. The van der Waals surface area contributed by atoms with Crippen LogP contribution in [-0.2, 0) is 0 Å². The molecule has 4 nitrogen and oxygen atoms in total. The number of ether oxygens (including phenoxy) is 1. The van der Waals surface area contributed by atoms with Crippen LogP contribution in [0.1, 0.15) is 30.1 Å². The van der Waals surface area contributed by atoms with E-state index in [1.807, 2.05) is 0 Å². The second kappa shape index (κ2) is 5.89. The summed E-state index contributed by atoms with van der Waals surface area (Å²) in [6, 6.07) is 6.55. The van der Waals surface area contributed by atoms with Crippen LogP contribution < -0.4 is 10.4 Å². The molecule has 0 spiro atoms. The van der Waals surface area contributed by atoms with Crippen LogP contribution in [0.2, 0.25) is 0 Å². The third kappa shape index (κ3) is 3.15. The maximum Gasteiger partial charge on any atom is 0.348 e. The largest absolute Gasteiger partial charge is 0.493 e. The van der Waals surface area contributed by atoms with Gasteiger partial charge in [0, 0.05) is 11.5 Å². The number of rotatable bonds is 5. The first kappa shape index (κ1) is 13.6. The van der Waals surface area contributed by atoms with Crippen LogP contribution in [0.25, 0.3) is 11.0 Å². The van der Waals surface area contributed by atoms with Crippen molar-refractivity contribution < 1.29 is 13.9 Å². The van der Waals surface area contributed by atoms with Crippen LogP contribution in [0, 0.1) is 0 Å². The SMILES string of the molecule is CCCCOc1ccc2cc(C(=O)Cl)c(=O)oc2c1. The second-order valence-corrected chi connectivity index (χ2v) is 4.47. The minimum Gasteiger partial charge on any atom is -0.493 e. The molecular formula is C14H13ClO4. The highest BCUT2D eigenvalue weighted by Gasteiger charge is 2.11. The first-order valence-corrected chi connectivity index (χ1v) is 6.40. The standard InChI is InChI=1S/C14H13ClO4/c1-2-3-6-18-10-5-4-9-7-11(13(15)16)14(17)19-12(9)8-10/h4-5,7-8H,2-3,6H2,1H3. The van der Waals surface area contributed by atoms with Crippen molar-refractivity contribution in [2.75, 3.05) is 6.61 Å². The Morgan fingerprint density at radius 2 is 2.16 bits per heavy atom. The summed E-state index contributed by atoms with van der Waals surface area (Å²) in [7, 11) is 0. The van der Waals surface area contributed by atoms with Crippen molar-refractivity contribution >= 4 is 27.8 Å². The van der Waals surface area contributed by atoms with E-state index in [9.17, 15) is 9.59 Å². The molecule has 0 bridgehead atoms. The lowest BCUT2D eigenvalue weighted by molar-refractivity contribution is 0.107. The lowest BCUT2D eigenvalue weighted by Crippen LogP contribution is -2.09. The highest BCUT2D eigenvalue weighted by Crippen LogP contribution is 2.21. The molecule has 0 N–H and O–H groups in total. The van der Waals surface area contributed by atoms with Crippen molar-refractivity contribution in [3.63, 3.8) is 0 Å². The fourth-order valence-electron chi connectivity index (χ4n) is 1.65. The van der Waals surface area contributed by atoms with Crippen LogP contribution in [0.3, 0.4) is 0 Å². The summed E-state index contributed by atoms with van der Waals surface area (Å²) in [6.45, 7) is 2.69. The molecule has 100 valence electrons. The summed E-state index contributed by atoms with van der Waals surface area (Å²) in [5, 5.41) is -0.189. The highest BCUT2D eigenvalue weighted by atomic mass is 35.5. The molecule has 0 saturated carbocycles. The van der Waals surface area contributed by atoms with Gasteiger partial charge < -0.3 is 9.15 Å². The molecule has 0 aliphatic carbocycles. The number of halogens is 1. The smallest absolute Gasteiger partial charge is 0.348 e. The molecule has 0 unspecified atom stereocenters. The number of hydrogen-bond donors (Lipinski definition) is 0. The third-order valence-electron chi connectivity index (χ3n) is 2.69. The zero-order valence-electron chi connectivity index (χ0n) is 10.4. The molecule has 0 atom stereocenters. The van der Waals surface area contributed by atoms with Gasteiger partial charge in [-0.15, -0.1) is 0 Å². The molecule has 0 aliphatic heterocycles. The van der Waals surface area contributed by atoms with Gasteiger partial charge in [0.1, 0.15) is 16.9 Å². The summed E-state index contributed by atoms with van der Waals surface area (Å²) in [4.78, 5) is 22.6. The fourth-order valence-corrected chi connectivity index (χ4v) is 1.78. The van der Waals surface area contributed by atoms with Crippen LogP contribution in [0.4, 0.5) is 0 Å². The van der Waals surface area contributed by atoms with Gasteiger partial charge in [0.05, 0.1) is 6.61 Å². The number of carbonyl (C=O) groups is 1. The van der Waals surface area contributed by atoms with Gasteiger partial charge in [-0.1, -0.05) is 13.3 Å². The first-order valence-electron chi connectivity index (χ1n) is 6.02. The van der Waals surface area contributed by atoms with Gasteiger partial charge in [-0.2, -0.15) is 0 Å². The summed E-state index contributed by atoms with van der Waals surface area (Å²) in [5.41, 5.74) is -0.521. The molecule has 1 heterocycles. The Morgan fingerprint density at radius 1 is 1.37 bits per heavy atom. The minimum atomic E-state index is -0.820. The second-order valence-electron chi connectivity index (χ2n) is 4.12. The number of benzene rings is 1. The summed E-state index contributed by atoms with van der Waals surface area (Å²) in [6.07, 6.45) is 2.01. The maximum atomic E-state index is 11.5. The molecule has 0 amide bonds. The van der Waals surface area contributed by atoms with Crippen molar-refractivity contribution in [2.24, 2.45) is 0 Å². The lowest BCUT2D eigenvalue weighted by Gasteiger charge is -2.06. The van der Waals surface area contributed by atoms with Gasteiger partial charge >= 0.3 is 5.63 Å². The predicted octanol–water partition coefficient (Wildman–Crippen LogP) is 3.35. The highest BCUT2D eigenvalue weighted by molar-refractivity contribution is 6.67. The van der Waals surface area contributed by atoms with Crippen molar-refractivity contribution in [3.05, 3.63) is 40.2 Å². The molecule has 2 aromatic rings. The van der Waals surface area contributed by atoms with E-state index in [1.165, 1.54) is 6.07 Å². The van der Waals surface area contributed by atoms with E-state index >= 15 is 0 Å². The van der Waals surface area contributed by atoms with Crippen molar-refractivity contribution in [3.8, 4) is 5.75 Å². The van der Waals surface area contributed by atoms with Gasteiger partial charge in [-0.05, 0) is 36.2 Å². The molecule has 5 heteroatoms. The van der Waals surface area contributed by atoms with Gasteiger partial charge in [-0.3, -0.25) is 4.79 Å². The summed E-state index contributed by atoms with van der Waals surface area (Å²) in [5.74, 6) is 0.633. The first-order chi connectivity index (χ1) is 9.11. The summed E-state index contributed by atoms with van der Waals surface area (Å²) < 4.78 is 10.6. The van der Waals surface area contributed by atoms with Crippen molar-refractivity contribution in [2.45, 2.75) is 19.8 Å². The number of hydrogen-bond acceptors (Lipinski definition) is 4. The Balaban J connectivity index is 2.36. The molecule has 19 heavy (non-hydrogen) atoms. The Morgan fingerprint density at radius 3 is 2.84 bits per heavy atom. The molecule has 0 radical (unpaired) electrons. The van der Waals surface area contributed by atoms with E-state index in [2.05, 4.69) is 6.92 Å². The Kier molecular flexibility index (Phi) is 4.22. The molecule has 1 aromatic heterocycles. The molecule has 2 rings (SSSR count). The van der Waals surface area contributed by atoms with E-state index in [4.69, 9.17) is 20.8 Å². The minimum absolute atomic E-state index is 0.159. The van der Waals surface area contributed by atoms with Crippen LogP contribution >= 0.6 is 11.6 Å². The monoisotopic (exact) mass is 280 g/mol. The molecule has 0 fully saturated rings. The molecule has 0 aliphatic rings. The van der Waals surface area contributed by atoms with Crippen LogP contribution in [-0.4, -0.2) is 11.8 Å². The topological polar surface area (TPSA) is 56.5 Å². The van der Waals surface area contributed by atoms with E-state index in [0.29, 0.717) is 23.3 Å². The van der Waals surface area contributed by atoms with Gasteiger partial charge in [0.15, 0.2) is 0 Å². The van der Waals surface area contributed by atoms with Gasteiger partial charge in [-0.25, -0.2) is 4.79 Å². The van der Waals surface area contributed by atoms with E-state index < -0.39 is 10.9 Å². The maximum absolute atomic E-state index is 11.5. The normalized spacial score (nSPS) is 10.6. The summed E-state index contributed by atoms with van der Waals surface area (Å²) >= 11 is 5.30. The van der Waals surface area contributed by atoms with Crippen molar-refractivity contribution in [1.29, 1.82) is 0 Å². The quantitative estimate of drug-likeness (QED) is 0.479. The average molecular weight is 281 g/mol. The van der Waals surface area contributed by atoms with Crippen LogP contribution in [0.15, 0.2) is 33.5 Å². The molecular weight excluding hydrogens is 268 g/mol. The third-order valence-corrected chi connectivity index (χ3v) is 2.89. The van der Waals surface area contributed by atoms with Crippen molar-refractivity contribution in [1.82, 2.24) is 0 Å². The fraction of sp³-hybridized carbons (Fsp3) is 0.286. The van der Waals surface area contributed by atoms with E-state index in [0.717, 1.165) is 12.8 Å². The zero-order valence-corrected chi connectivity index (χ0v) is 11.2. The molecule has 0 saturated heterocycles. The van der Waals surface area contributed by atoms with E-state index in [1.54, 1.807) is 18.2 Å². The number of fused-ring (bicyclic) bond motifs is 1. The zero-order chi connectivity index (χ0) is 13.8. The van der Waals surface area contributed by atoms with Gasteiger partial charge in [0.2, 0.25) is 0 Å². The Bertz CT molecular complexity index is 660. The lowest BCUT2D eigenvalue weighted by atomic mass is 10.2. The Hall–Kier alpha value is -1.81. The van der Waals surface area contributed by atoms with E-state index in [-0.39, 0.29) is 5.56 Å². The van der Waals surface area contributed by atoms with Gasteiger partial charge in [0.25, 0.3) is 5.24 Å². The average Bonchev–Trinajstić information content (AvgIpc) is 2.37. The molecule has 1 aromatic carbocycles. The Labute approximate surface area is 114 Å².